The van der Waals surface area contributed by atoms with Gasteiger partial charge < -0.3 is 15.5 Å². The lowest BCUT2D eigenvalue weighted by Crippen LogP contribution is -2.29. The second-order valence-corrected chi connectivity index (χ2v) is 6.12. The highest BCUT2D eigenvalue weighted by atomic mass is 16.2. The quantitative estimate of drug-likeness (QED) is 0.719. The molecule has 2 amide bonds. The highest BCUT2D eigenvalue weighted by Gasteiger charge is 2.03. The van der Waals surface area contributed by atoms with Crippen molar-refractivity contribution in [3.05, 3.63) is 71.8 Å². The molecule has 2 aromatic rings. The minimum atomic E-state index is -0.207. The molecule has 0 heterocycles. The molecule has 5 heteroatoms. The van der Waals surface area contributed by atoms with Crippen LogP contribution in [0.2, 0.25) is 0 Å². The molecule has 0 aliphatic heterocycles. The summed E-state index contributed by atoms with van der Waals surface area (Å²) in [6.07, 6.45) is 3.47. The molecule has 2 N–H and O–H groups in total. The van der Waals surface area contributed by atoms with Gasteiger partial charge in [0.15, 0.2) is 0 Å². The van der Waals surface area contributed by atoms with Gasteiger partial charge in [-0.3, -0.25) is 9.59 Å². The third-order valence-corrected chi connectivity index (χ3v) is 3.82. The van der Waals surface area contributed by atoms with E-state index in [1.807, 2.05) is 73.6 Å². The number of hydrogen-bond donors (Lipinski definition) is 2. The van der Waals surface area contributed by atoms with Crippen LogP contribution < -0.4 is 15.5 Å². The number of nitrogens with one attached hydrogen (secondary N) is 2. The monoisotopic (exact) mass is 351 g/mol. The zero-order chi connectivity index (χ0) is 18.8. The number of nitrogens with zero attached hydrogens (tertiary/aromatic N) is 1. The van der Waals surface area contributed by atoms with Crippen LogP contribution in [-0.2, 0) is 16.1 Å². The molecule has 0 spiro atoms. The molecule has 5 nitrogen and oxygen atoms in total. The number of benzene rings is 2. The molecule has 0 saturated carbocycles. The van der Waals surface area contributed by atoms with Gasteiger partial charge in [-0.2, -0.15) is 0 Å². The first-order valence-corrected chi connectivity index (χ1v) is 8.58. The molecule has 0 radical (unpaired) electrons. The summed E-state index contributed by atoms with van der Waals surface area (Å²) in [6.45, 7) is 0.789. The number of hydrogen-bond acceptors (Lipinski definition) is 3. The SMILES string of the molecule is CN(C)c1ccc(CNC(=O)CCNC(=O)/C=C/c2ccccc2)cc1. The van der Waals surface area contributed by atoms with Gasteiger partial charge in [0, 0.05) is 45.4 Å². The van der Waals surface area contributed by atoms with Crippen molar-refractivity contribution >= 4 is 23.6 Å². The third-order valence-electron chi connectivity index (χ3n) is 3.82. The Bertz CT molecular complexity index is 738. The zero-order valence-electron chi connectivity index (χ0n) is 15.2. The summed E-state index contributed by atoms with van der Waals surface area (Å²) in [5, 5.41) is 5.57. The second-order valence-electron chi connectivity index (χ2n) is 6.12. The maximum Gasteiger partial charge on any atom is 0.244 e. The molecule has 0 aromatic heterocycles. The lowest BCUT2D eigenvalue weighted by Gasteiger charge is -2.13. The van der Waals surface area contributed by atoms with Crippen molar-refractivity contribution in [3.8, 4) is 0 Å². The van der Waals surface area contributed by atoms with Crippen molar-refractivity contribution in [2.45, 2.75) is 13.0 Å². The molecular weight excluding hydrogens is 326 g/mol. The first-order chi connectivity index (χ1) is 12.5. The normalized spacial score (nSPS) is 10.5. The number of carbonyl (C=O) groups is 2. The largest absolute Gasteiger partial charge is 0.378 e. The van der Waals surface area contributed by atoms with E-state index in [9.17, 15) is 9.59 Å². The zero-order valence-corrected chi connectivity index (χ0v) is 15.2. The third kappa shape index (κ3) is 6.81. The van der Waals surface area contributed by atoms with Crippen LogP contribution in [-0.4, -0.2) is 32.5 Å². The minimum absolute atomic E-state index is 0.0889. The number of amides is 2. The van der Waals surface area contributed by atoms with Crippen molar-refractivity contribution in [2.24, 2.45) is 0 Å². The molecule has 0 aliphatic carbocycles. The molecule has 0 saturated heterocycles. The molecule has 26 heavy (non-hydrogen) atoms. The highest BCUT2D eigenvalue weighted by molar-refractivity contribution is 5.92. The Morgan fingerprint density at radius 1 is 0.962 bits per heavy atom. The molecule has 0 unspecified atom stereocenters. The second kappa shape index (κ2) is 10.0. The fraction of sp³-hybridized carbons (Fsp3) is 0.238. The summed E-state index contributed by atoms with van der Waals surface area (Å²) in [5.41, 5.74) is 3.12. The Kier molecular flexibility index (Phi) is 7.43. The summed E-state index contributed by atoms with van der Waals surface area (Å²) in [7, 11) is 3.97. The Morgan fingerprint density at radius 3 is 2.31 bits per heavy atom. The maximum absolute atomic E-state index is 11.9. The average molecular weight is 351 g/mol. The smallest absolute Gasteiger partial charge is 0.244 e. The van der Waals surface area contributed by atoms with Crippen molar-refractivity contribution in [2.75, 3.05) is 25.5 Å². The molecule has 0 bridgehead atoms. The molecule has 136 valence electrons. The van der Waals surface area contributed by atoms with E-state index in [-0.39, 0.29) is 18.2 Å². The first kappa shape index (κ1) is 19.2. The van der Waals surface area contributed by atoms with Crippen molar-refractivity contribution in [3.63, 3.8) is 0 Å². The van der Waals surface area contributed by atoms with Gasteiger partial charge in [-0.05, 0) is 29.3 Å². The van der Waals surface area contributed by atoms with Crippen LogP contribution in [0.3, 0.4) is 0 Å². The van der Waals surface area contributed by atoms with Crippen LogP contribution in [0, 0.1) is 0 Å². The lowest BCUT2D eigenvalue weighted by atomic mass is 10.2. The van der Waals surface area contributed by atoms with Crippen LogP contribution >= 0.6 is 0 Å². The molecular formula is C21H25N3O2. The molecule has 2 aromatic carbocycles. The highest BCUT2D eigenvalue weighted by Crippen LogP contribution is 2.11. The Labute approximate surface area is 154 Å². The van der Waals surface area contributed by atoms with Crippen LogP contribution in [0.15, 0.2) is 60.7 Å². The minimum Gasteiger partial charge on any atom is -0.378 e. The summed E-state index contributed by atoms with van der Waals surface area (Å²) in [4.78, 5) is 25.6. The molecule has 2 rings (SSSR count). The molecule has 0 atom stereocenters. The maximum atomic E-state index is 11.9. The number of rotatable bonds is 8. The fourth-order valence-electron chi connectivity index (χ4n) is 2.30. The Hall–Kier alpha value is -3.08. The molecule has 0 fully saturated rings. The van der Waals surface area contributed by atoms with E-state index >= 15 is 0 Å². The van der Waals surface area contributed by atoms with Crippen LogP contribution in [0.25, 0.3) is 6.08 Å². The predicted octanol–water partition coefficient (Wildman–Crippen LogP) is 2.59. The predicted molar refractivity (Wildman–Crippen MR) is 106 cm³/mol. The summed E-state index contributed by atoms with van der Waals surface area (Å²) >= 11 is 0. The lowest BCUT2D eigenvalue weighted by molar-refractivity contribution is -0.121. The van der Waals surface area contributed by atoms with Crippen molar-refractivity contribution in [1.29, 1.82) is 0 Å². The molecule has 0 aliphatic rings. The van der Waals surface area contributed by atoms with E-state index in [0.29, 0.717) is 13.1 Å². The van der Waals surface area contributed by atoms with Crippen molar-refractivity contribution in [1.82, 2.24) is 10.6 Å². The van der Waals surface area contributed by atoms with E-state index < -0.39 is 0 Å². The summed E-state index contributed by atoms with van der Waals surface area (Å²) in [5.74, 6) is -0.296. The van der Waals surface area contributed by atoms with E-state index in [1.54, 1.807) is 6.08 Å². The van der Waals surface area contributed by atoms with Gasteiger partial charge in [-0.15, -0.1) is 0 Å². The van der Waals surface area contributed by atoms with Crippen LogP contribution in [0.4, 0.5) is 5.69 Å². The fourth-order valence-corrected chi connectivity index (χ4v) is 2.30. The van der Waals surface area contributed by atoms with Gasteiger partial charge in [0.05, 0.1) is 0 Å². The van der Waals surface area contributed by atoms with Gasteiger partial charge in [0.25, 0.3) is 0 Å². The summed E-state index contributed by atoms with van der Waals surface area (Å²) in [6, 6.07) is 17.6. The first-order valence-electron chi connectivity index (χ1n) is 8.58. The van der Waals surface area contributed by atoms with Gasteiger partial charge in [0.1, 0.15) is 0 Å². The number of anilines is 1. The van der Waals surface area contributed by atoms with Gasteiger partial charge in [-0.1, -0.05) is 42.5 Å². The number of carbonyl (C=O) groups excluding carboxylic acids is 2. The van der Waals surface area contributed by atoms with E-state index in [4.69, 9.17) is 0 Å². The van der Waals surface area contributed by atoms with Gasteiger partial charge in [-0.25, -0.2) is 0 Å². The van der Waals surface area contributed by atoms with Crippen LogP contribution in [0.1, 0.15) is 17.5 Å². The van der Waals surface area contributed by atoms with Crippen LogP contribution in [0.5, 0.6) is 0 Å². The van der Waals surface area contributed by atoms with E-state index in [0.717, 1.165) is 16.8 Å². The standard InChI is InChI=1S/C21H25N3O2/c1-24(2)19-11-8-18(9-12-19)16-23-21(26)14-15-22-20(25)13-10-17-6-4-3-5-7-17/h3-13H,14-16H2,1-2H3,(H,22,25)(H,23,26)/b13-10+. The van der Waals surface area contributed by atoms with Gasteiger partial charge in [0.2, 0.25) is 11.8 Å². The summed E-state index contributed by atoms with van der Waals surface area (Å²) < 4.78 is 0. The van der Waals surface area contributed by atoms with E-state index in [2.05, 4.69) is 10.6 Å². The van der Waals surface area contributed by atoms with Gasteiger partial charge >= 0.3 is 0 Å². The van der Waals surface area contributed by atoms with E-state index in [1.165, 1.54) is 6.08 Å². The topological polar surface area (TPSA) is 61.4 Å². The average Bonchev–Trinajstić information content (AvgIpc) is 2.66. The van der Waals surface area contributed by atoms with Crippen molar-refractivity contribution < 1.29 is 9.59 Å². The Balaban J connectivity index is 1.65. The Morgan fingerprint density at radius 2 is 1.65 bits per heavy atom.